The van der Waals surface area contributed by atoms with E-state index in [9.17, 15) is 4.79 Å². The normalized spacial score (nSPS) is 11.3. The lowest BCUT2D eigenvalue weighted by molar-refractivity contribution is 0.595. The highest BCUT2D eigenvalue weighted by Gasteiger charge is 2.13. The summed E-state index contributed by atoms with van der Waals surface area (Å²) in [6.07, 6.45) is 1.66. The molecule has 0 atom stereocenters. The lowest BCUT2D eigenvalue weighted by Crippen LogP contribution is -2.23. The van der Waals surface area contributed by atoms with Crippen LogP contribution in [0.4, 0.5) is 11.6 Å². The maximum absolute atomic E-state index is 12.4. The second-order valence-corrected chi connectivity index (χ2v) is 7.39. The van der Waals surface area contributed by atoms with Crippen LogP contribution in [0.25, 0.3) is 11.0 Å². The molecule has 9 heteroatoms. The second kappa shape index (κ2) is 7.61. The molecule has 0 radical (unpaired) electrons. The minimum absolute atomic E-state index is 0.0762. The van der Waals surface area contributed by atoms with Gasteiger partial charge in [0.05, 0.1) is 11.4 Å². The van der Waals surface area contributed by atoms with Crippen molar-refractivity contribution in [1.29, 1.82) is 0 Å². The van der Waals surface area contributed by atoms with Crippen molar-refractivity contribution in [3.8, 4) is 0 Å². The van der Waals surface area contributed by atoms with Gasteiger partial charge in [0, 0.05) is 17.6 Å². The number of hydrogen-bond acceptors (Lipinski definition) is 7. The van der Waals surface area contributed by atoms with E-state index in [0.29, 0.717) is 17.0 Å². The number of aryl methyl sites for hydroxylation is 1. The summed E-state index contributed by atoms with van der Waals surface area (Å²) in [4.78, 5) is 25.7. The van der Waals surface area contributed by atoms with Crippen LogP contribution in [0.1, 0.15) is 25.6 Å². The molecule has 0 fully saturated rings. The van der Waals surface area contributed by atoms with Gasteiger partial charge in [-0.05, 0) is 58.0 Å². The van der Waals surface area contributed by atoms with Gasteiger partial charge in [0.1, 0.15) is 15.7 Å². The van der Waals surface area contributed by atoms with E-state index in [4.69, 9.17) is 11.6 Å². The summed E-state index contributed by atoms with van der Waals surface area (Å²) < 4.78 is 4.56. The number of halogens is 1. The monoisotopic (exact) mass is 390 g/mol. The molecule has 0 spiro atoms. The highest BCUT2D eigenvalue weighted by molar-refractivity contribution is 7.97. The predicted molar refractivity (Wildman–Crippen MR) is 106 cm³/mol. The highest BCUT2D eigenvalue weighted by Crippen LogP contribution is 2.23. The van der Waals surface area contributed by atoms with Gasteiger partial charge in [-0.15, -0.1) is 0 Å². The molecule has 3 aromatic rings. The van der Waals surface area contributed by atoms with Crippen LogP contribution in [0.5, 0.6) is 0 Å². The second-order valence-electron chi connectivity index (χ2n) is 5.95. The number of aromatic nitrogens is 4. The zero-order chi connectivity index (χ0) is 18.8. The fourth-order valence-corrected chi connectivity index (χ4v) is 3.31. The standard InChI is InChI=1S/C17H19ClN6OS/c1-9(2)24-15-11(7-12(18)16(24)25)8-20-17(23-15)22-13-5-6-14(26-19-4)21-10(13)3/h5-9,19H,1-4H3,(H,20,22,23). The molecule has 0 aliphatic heterocycles. The lowest BCUT2D eigenvalue weighted by atomic mass is 10.3. The van der Waals surface area contributed by atoms with Crippen LogP contribution in [0, 0.1) is 6.92 Å². The van der Waals surface area contributed by atoms with Crippen LogP contribution >= 0.6 is 23.5 Å². The molecule has 26 heavy (non-hydrogen) atoms. The Hall–Kier alpha value is -2.16. The summed E-state index contributed by atoms with van der Waals surface area (Å²) in [7, 11) is 1.84. The number of nitrogens with zero attached hydrogens (tertiary/aromatic N) is 4. The fraction of sp³-hybridized carbons (Fsp3) is 0.294. The summed E-state index contributed by atoms with van der Waals surface area (Å²) in [6.45, 7) is 5.74. The van der Waals surface area contributed by atoms with Gasteiger partial charge in [-0.3, -0.25) is 14.1 Å². The van der Waals surface area contributed by atoms with Crippen molar-refractivity contribution in [1.82, 2.24) is 24.2 Å². The Labute approximate surface area is 160 Å². The van der Waals surface area contributed by atoms with E-state index in [1.54, 1.807) is 16.8 Å². The average molecular weight is 391 g/mol. The van der Waals surface area contributed by atoms with Crippen molar-refractivity contribution < 1.29 is 0 Å². The van der Waals surface area contributed by atoms with E-state index in [-0.39, 0.29) is 16.6 Å². The van der Waals surface area contributed by atoms with Crippen molar-refractivity contribution in [3.63, 3.8) is 0 Å². The van der Waals surface area contributed by atoms with Gasteiger partial charge in [-0.1, -0.05) is 11.6 Å². The largest absolute Gasteiger partial charge is 0.323 e. The topological polar surface area (TPSA) is 84.7 Å². The molecule has 3 heterocycles. The molecule has 0 aromatic carbocycles. The van der Waals surface area contributed by atoms with Crippen molar-refractivity contribution >= 4 is 46.2 Å². The van der Waals surface area contributed by atoms with E-state index >= 15 is 0 Å². The smallest absolute Gasteiger partial charge is 0.271 e. The Morgan fingerprint density at radius 2 is 2.04 bits per heavy atom. The molecule has 3 rings (SSSR count). The maximum Gasteiger partial charge on any atom is 0.271 e. The summed E-state index contributed by atoms with van der Waals surface area (Å²) >= 11 is 7.49. The Balaban J connectivity index is 2.03. The van der Waals surface area contributed by atoms with Crippen LogP contribution in [-0.2, 0) is 0 Å². The molecule has 0 bridgehead atoms. The van der Waals surface area contributed by atoms with Gasteiger partial charge >= 0.3 is 0 Å². The summed E-state index contributed by atoms with van der Waals surface area (Å²) in [6, 6.07) is 5.35. The lowest BCUT2D eigenvalue weighted by Gasteiger charge is -2.15. The van der Waals surface area contributed by atoms with Crippen molar-refractivity contribution in [3.05, 3.63) is 45.5 Å². The first kappa shape index (κ1) is 18.6. The van der Waals surface area contributed by atoms with Gasteiger partial charge in [0.25, 0.3) is 5.56 Å². The average Bonchev–Trinajstić information content (AvgIpc) is 2.58. The first-order valence-corrected chi connectivity index (χ1v) is 9.26. The SMILES string of the molecule is CNSc1ccc(Nc2ncc3cc(Cl)c(=O)n(C(C)C)c3n2)c(C)n1. The maximum atomic E-state index is 12.4. The van der Waals surface area contributed by atoms with Gasteiger partial charge in [0.2, 0.25) is 5.95 Å². The third kappa shape index (κ3) is 3.67. The number of hydrogen-bond donors (Lipinski definition) is 2. The molecule has 0 saturated carbocycles. The quantitative estimate of drug-likeness (QED) is 0.642. The summed E-state index contributed by atoms with van der Waals surface area (Å²) in [5.74, 6) is 0.396. The zero-order valence-electron chi connectivity index (χ0n) is 14.9. The van der Waals surface area contributed by atoms with E-state index in [0.717, 1.165) is 16.4 Å². The van der Waals surface area contributed by atoms with E-state index < -0.39 is 0 Å². The number of pyridine rings is 2. The molecule has 0 aliphatic carbocycles. The third-order valence-corrected chi connectivity index (χ3v) is 4.67. The summed E-state index contributed by atoms with van der Waals surface area (Å²) in [5, 5.41) is 4.92. The van der Waals surface area contributed by atoms with Crippen LogP contribution in [-0.4, -0.2) is 26.6 Å². The van der Waals surface area contributed by atoms with E-state index in [1.165, 1.54) is 11.9 Å². The molecular weight excluding hydrogens is 372 g/mol. The molecule has 7 nitrogen and oxygen atoms in total. The number of anilines is 2. The van der Waals surface area contributed by atoms with Gasteiger partial charge in [0.15, 0.2) is 0 Å². The molecule has 136 valence electrons. The Bertz CT molecular complexity index is 1020. The first-order valence-electron chi connectivity index (χ1n) is 8.06. The zero-order valence-corrected chi connectivity index (χ0v) is 16.4. The van der Waals surface area contributed by atoms with Gasteiger partial charge in [-0.25, -0.2) is 9.97 Å². The van der Waals surface area contributed by atoms with E-state index in [2.05, 4.69) is 25.0 Å². The first-order chi connectivity index (χ1) is 12.4. The van der Waals surface area contributed by atoms with Crippen LogP contribution in [0.3, 0.4) is 0 Å². The Morgan fingerprint density at radius 3 is 2.69 bits per heavy atom. The van der Waals surface area contributed by atoms with Crippen LogP contribution in [0.2, 0.25) is 5.02 Å². The van der Waals surface area contributed by atoms with E-state index in [1.807, 2.05) is 40.0 Å². The fourth-order valence-electron chi connectivity index (χ4n) is 2.58. The minimum atomic E-state index is -0.259. The molecule has 0 unspecified atom stereocenters. The summed E-state index contributed by atoms with van der Waals surface area (Å²) in [5.41, 5.74) is 1.91. The molecule has 0 aliphatic rings. The van der Waals surface area contributed by atoms with Crippen molar-refractivity contribution in [2.75, 3.05) is 12.4 Å². The van der Waals surface area contributed by atoms with Gasteiger partial charge < -0.3 is 5.32 Å². The minimum Gasteiger partial charge on any atom is -0.323 e. The molecule has 2 N–H and O–H groups in total. The number of fused-ring (bicyclic) bond motifs is 1. The Morgan fingerprint density at radius 1 is 1.27 bits per heavy atom. The molecule has 0 amide bonds. The third-order valence-electron chi connectivity index (χ3n) is 3.76. The number of rotatable bonds is 5. The number of nitrogens with one attached hydrogen (secondary N) is 2. The van der Waals surface area contributed by atoms with Crippen molar-refractivity contribution in [2.24, 2.45) is 0 Å². The molecular formula is C17H19ClN6OS. The Kier molecular flexibility index (Phi) is 5.45. The predicted octanol–water partition coefficient (Wildman–Crippen LogP) is 3.70. The van der Waals surface area contributed by atoms with Crippen LogP contribution in [0.15, 0.2) is 34.2 Å². The molecule has 3 aromatic heterocycles. The van der Waals surface area contributed by atoms with Gasteiger partial charge in [-0.2, -0.15) is 4.98 Å². The van der Waals surface area contributed by atoms with Crippen molar-refractivity contribution in [2.45, 2.75) is 31.8 Å². The molecule has 0 saturated heterocycles. The van der Waals surface area contributed by atoms with Crippen LogP contribution < -0.4 is 15.6 Å². The highest BCUT2D eigenvalue weighted by atomic mass is 35.5.